The minimum Gasteiger partial charge on any atom is -0.494 e. The van der Waals surface area contributed by atoms with Gasteiger partial charge in [-0.3, -0.25) is 9.69 Å². The fourth-order valence-electron chi connectivity index (χ4n) is 4.67. The number of benzene rings is 2. The number of tetrazole rings is 1. The zero-order chi connectivity index (χ0) is 26.4. The Balaban J connectivity index is 1.72. The molecule has 0 unspecified atom stereocenters. The Labute approximate surface area is 218 Å². The smallest absolute Gasteiger partial charge is 0.252 e. The van der Waals surface area contributed by atoms with Gasteiger partial charge in [-0.05, 0) is 80.3 Å². The van der Waals surface area contributed by atoms with Crippen LogP contribution >= 0.6 is 0 Å². The number of aromatic amines is 1. The average Bonchev–Trinajstić information content (AvgIpc) is 3.39. The van der Waals surface area contributed by atoms with Gasteiger partial charge in [0, 0.05) is 29.6 Å². The van der Waals surface area contributed by atoms with Crippen molar-refractivity contribution in [3.63, 3.8) is 0 Å². The molecule has 4 aromatic rings. The summed E-state index contributed by atoms with van der Waals surface area (Å²) in [6.45, 7) is 12.4. The molecular weight excluding hydrogens is 464 g/mol. The number of H-pyrrole nitrogens is 1. The molecule has 0 bridgehead atoms. The second kappa shape index (κ2) is 11.7. The van der Waals surface area contributed by atoms with E-state index in [1.54, 1.807) is 0 Å². The monoisotopic (exact) mass is 502 g/mol. The molecule has 2 heterocycles. The molecule has 4 rings (SSSR count). The quantitative estimate of drug-likeness (QED) is 0.284. The van der Waals surface area contributed by atoms with Gasteiger partial charge in [-0.15, -0.1) is 5.10 Å². The van der Waals surface area contributed by atoms with Gasteiger partial charge in [0.05, 0.1) is 18.2 Å². The number of pyridine rings is 1. The number of hydrogen-bond donors (Lipinski definition) is 1. The number of fused-ring (bicyclic) bond motifs is 1. The summed E-state index contributed by atoms with van der Waals surface area (Å²) in [4.78, 5) is 18.6. The summed E-state index contributed by atoms with van der Waals surface area (Å²) in [5, 5.41) is 13.9. The summed E-state index contributed by atoms with van der Waals surface area (Å²) in [7, 11) is 0. The molecule has 1 N–H and O–H groups in total. The van der Waals surface area contributed by atoms with Crippen LogP contribution in [-0.2, 0) is 18.5 Å². The standard InChI is InChI=1S/C29H38N6O2/c1-6-26(27-31-32-33-35(27)29(4,5)7-2)34(17-16-21-12-10-9-11-13-21)20-23-18-22-19-24(37-8-3)14-15-25(22)30-28(23)36/h9-15,18-19,26H,6-8,16-17,20H2,1-5H3,(H,30,36)/t26-/m1/s1. The van der Waals surface area contributed by atoms with E-state index in [2.05, 4.69) is 77.4 Å². The van der Waals surface area contributed by atoms with E-state index < -0.39 is 0 Å². The zero-order valence-corrected chi connectivity index (χ0v) is 22.6. The molecule has 37 heavy (non-hydrogen) atoms. The first-order valence-corrected chi connectivity index (χ1v) is 13.2. The second-order valence-electron chi connectivity index (χ2n) is 10.1. The molecule has 0 aliphatic heterocycles. The van der Waals surface area contributed by atoms with Gasteiger partial charge in [0.25, 0.3) is 5.56 Å². The van der Waals surface area contributed by atoms with Crippen LogP contribution in [0.15, 0.2) is 59.4 Å². The van der Waals surface area contributed by atoms with E-state index in [1.807, 2.05) is 41.9 Å². The number of hydrogen-bond acceptors (Lipinski definition) is 6. The van der Waals surface area contributed by atoms with Crippen molar-refractivity contribution in [2.24, 2.45) is 0 Å². The molecule has 2 aromatic carbocycles. The topological polar surface area (TPSA) is 88.9 Å². The molecule has 0 spiro atoms. The van der Waals surface area contributed by atoms with Crippen molar-refractivity contribution >= 4 is 10.9 Å². The third-order valence-corrected chi connectivity index (χ3v) is 7.17. The Bertz CT molecular complexity index is 1360. The Kier molecular flexibility index (Phi) is 8.38. The normalized spacial score (nSPS) is 12.8. The maximum Gasteiger partial charge on any atom is 0.252 e. The summed E-state index contributed by atoms with van der Waals surface area (Å²) in [6, 6.07) is 18.1. The van der Waals surface area contributed by atoms with E-state index in [4.69, 9.17) is 4.74 Å². The van der Waals surface area contributed by atoms with Crippen LogP contribution in [0.25, 0.3) is 10.9 Å². The molecule has 0 amide bonds. The van der Waals surface area contributed by atoms with Crippen molar-refractivity contribution < 1.29 is 4.74 Å². The Hall–Kier alpha value is -3.52. The van der Waals surface area contributed by atoms with Gasteiger partial charge in [-0.2, -0.15) is 0 Å². The lowest BCUT2D eigenvalue weighted by atomic mass is 10.0. The van der Waals surface area contributed by atoms with Crippen molar-refractivity contribution in [1.29, 1.82) is 0 Å². The van der Waals surface area contributed by atoms with E-state index >= 15 is 0 Å². The number of rotatable bonds is 12. The molecule has 1 atom stereocenters. The van der Waals surface area contributed by atoms with Crippen LogP contribution in [0.4, 0.5) is 0 Å². The molecule has 8 heteroatoms. The lowest BCUT2D eigenvalue weighted by Crippen LogP contribution is -2.37. The van der Waals surface area contributed by atoms with Crippen molar-refractivity contribution in [1.82, 2.24) is 30.1 Å². The summed E-state index contributed by atoms with van der Waals surface area (Å²) >= 11 is 0. The lowest BCUT2D eigenvalue weighted by molar-refractivity contribution is 0.160. The third kappa shape index (κ3) is 6.07. The molecule has 0 aliphatic carbocycles. The van der Waals surface area contributed by atoms with E-state index in [9.17, 15) is 4.79 Å². The fraction of sp³-hybridized carbons (Fsp3) is 0.448. The highest BCUT2D eigenvalue weighted by molar-refractivity contribution is 5.80. The Morgan fingerprint density at radius 3 is 2.57 bits per heavy atom. The van der Waals surface area contributed by atoms with Crippen LogP contribution in [0.2, 0.25) is 0 Å². The van der Waals surface area contributed by atoms with Crippen LogP contribution in [0.3, 0.4) is 0 Å². The van der Waals surface area contributed by atoms with E-state index in [0.717, 1.165) is 48.3 Å². The maximum absolute atomic E-state index is 13.2. The minimum atomic E-state index is -0.215. The number of aromatic nitrogens is 5. The maximum atomic E-state index is 13.2. The molecule has 0 saturated carbocycles. The largest absolute Gasteiger partial charge is 0.494 e. The van der Waals surface area contributed by atoms with E-state index in [1.165, 1.54) is 5.56 Å². The number of nitrogens with zero attached hydrogens (tertiary/aromatic N) is 5. The highest BCUT2D eigenvalue weighted by Gasteiger charge is 2.31. The predicted octanol–water partition coefficient (Wildman–Crippen LogP) is 5.25. The van der Waals surface area contributed by atoms with Gasteiger partial charge in [0.1, 0.15) is 5.75 Å². The Morgan fingerprint density at radius 1 is 1.08 bits per heavy atom. The van der Waals surface area contributed by atoms with Gasteiger partial charge >= 0.3 is 0 Å². The average molecular weight is 503 g/mol. The highest BCUT2D eigenvalue weighted by Crippen LogP contribution is 2.29. The molecule has 0 aliphatic rings. The molecule has 2 aromatic heterocycles. The Morgan fingerprint density at radius 2 is 1.86 bits per heavy atom. The van der Waals surface area contributed by atoms with Gasteiger partial charge in [0.15, 0.2) is 5.82 Å². The summed E-state index contributed by atoms with van der Waals surface area (Å²) in [5.74, 6) is 1.62. The third-order valence-electron chi connectivity index (χ3n) is 7.17. The first kappa shape index (κ1) is 26.5. The summed E-state index contributed by atoms with van der Waals surface area (Å²) in [6.07, 6.45) is 2.57. The molecule has 0 radical (unpaired) electrons. The predicted molar refractivity (Wildman–Crippen MR) is 147 cm³/mol. The van der Waals surface area contributed by atoms with Gasteiger partial charge in [-0.25, -0.2) is 4.68 Å². The van der Waals surface area contributed by atoms with E-state index in [-0.39, 0.29) is 17.1 Å². The van der Waals surface area contributed by atoms with Crippen LogP contribution in [0.1, 0.15) is 70.5 Å². The number of ether oxygens (including phenoxy) is 1. The lowest BCUT2D eigenvalue weighted by Gasteiger charge is -2.33. The highest BCUT2D eigenvalue weighted by atomic mass is 16.5. The first-order chi connectivity index (χ1) is 17.9. The van der Waals surface area contributed by atoms with Crippen molar-refractivity contribution in [2.75, 3.05) is 13.2 Å². The zero-order valence-electron chi connectivity index (χ0n) is 22.6. The van der Waals surface area contributed by atoms with Crippen molar-refractivity contribution in [3.05, 3.63) is 81.9 Å². The van der Waals surface area contributed by atoms with Gasteiger partial charge < -0.3 is 9.72 Å². The van der Waals surface area contributed by atoms with Gasteiger partial charge in [0.2, 0.25) is 0 Å². The van der Waals surface area contributed by atoms with Crippen molar-refractivity contribution in [2.45, 2.75) is 72.0 Å². The summed E-state index contributed by atoms with van der Waals surface area (Å²) in [5.41, 5.74) is 2.47. The fourth-order valence-corrected chi connectivity index (χ4v) is 4.67. The number of nitrogens with one attached hydrogen (secondary N) is 1. The molecular formula is C29H38N6O2. The SMILES string of the molecule is CCOc1ccc2[nH]c(=O)c(CN(CCc3ccccc3)[C@H](CC)c3nnnn3C(C)(C)CC)cc2c1. The molecule has 8 nitrogen and oxygen atoms in total. The van der Waals surface area contributed by atoms with Crippen LogP contribution < -0.4 is 10.3 Å². The van der Waals surface area contributed by atoms with Crippen LogP contribution in [-0.4, -0.2) is 43.2 Å². The van der Waals surface area contributed by atoms with Crippen LogP contribution in [0, 0.1) is 0 Å². The van der Waals surface area contributed by atoms with E-state index in [0.29, 0.717) is 18.7 Å². The van der Waals surface area contributed by atoms with Gasteiger partial charge in [-0.1, -0.05) is 44.2 Å². The van der Waals surface area contributed by atoms with Crippen LogP contribution in [0.5, 0.6) is 5.75 Å². The molecule has 0 fully saturated rings. The second-order valence-corrected chi connectivity index (χ2v) is 10.1. The molecule has 0 saturated heterocycles. The minimum absolute atomic E-state index is 0.0469. The van der Waals surface area contributed by atoms with Crippen molar-refractivity contribution in [3.8, 4) is 5.75 Å². The first-order valence-electron chi connectivity index (χ1n) is 13.2. The summed E-state index contributed by atoms with van der Waals surface area (Å²) < 4.78 is 7.64. The molecule has 196 valence electrons.